The van der Waals surface area contributed by atoms with Gasteiger partial charge in [0.15, 0.2) is 0 Å². The number of anilines is 2. The van der Waals surface area contributed by atoms with Gasteiger partial charge >= 0.3 is 0 Å². The van der Waals surface area contributed by atoms with E-state index in [-0.39, 0.29) is 5.91 Å². The number of pyridine rings is 1. The van der Waals surface area contributed by atoms with Gasteiger partial charge in [0.2, 0.25) is 5.91 Å². The first-order valence-corrected chi connectivity index (χ1v) is 5.37. The van der Waals surface area contributed by atoms with Gasteiger partial charge in [-0.05, 0) is 30.2 Å². The van der Waals surface area contributed by atoms with Gasteiger partial charge in [0.25, 0.3) is 0 Å². The largest absolute Gasteiger partial charge is 0.397 e. The molecule has 17 heavy (non-hydrogen) atoms. The van der Waals surface area contributed by atoms with Crippen LogP contribution >= 0.6 is 0 Å². The van der Waals surface area contributed by atoms with E-state index < -0.39 is 0 Å². The molecule has 0 saturated heterocycles. The number of H-pyrrole nitrogens is 1. The second-order valence-electron chi connectivity index (χ2n) is 3.74. The van der Waals surface area contributed by atoms with E-state index in [1.54, 1.807) is 12.1 Å². The van der Waals surface area contributed by atoms with Gasteiger partial charge in [0.1, 0.15) is 5.82 Å². The van der Waals surface area contributed by atoms with Gasteiger partial charge < -0.3 is 16.0 Å². The number of nitrogens with one attached hydrogen (secondary N) is 2. The minimum atomic E-state index is -0.0523. The molecule has 4 N–H and O–H groups in total. The Bertz CT molecular complexity index is 476. The molecule has 88 valence electrons. The van der Waals surface area contributed by atoms with Gasteiger partial charge in [-0.25, -0.2) is 4.98 Å². The van der Waals surface area contributed by atoms with E-state index >= 15 is 0 Å². The lowest BCUT2D eigenvalue weighted by molar-refractivity contribution is -0.116. The van der Waals surface area contributed by atoms with Crippen LogP contribution in [0.3, 0.4) is 0 Å². The molecule has 0 radical (unpaired) electrons. The number of amides is 1. The molecule has 0 spiro atoms. The summed E-state index contributed by atoms with van der Waals surface area (Å²) < 4.78 is 0. The van der Waals surface area contributed by atoms with E-state index in [2.05, 4.69) is 15.3 Å². The molecule has 0 fully saturated rings. The number of aromatic amines is 1. The second kappa shape index (κ2) is 5.16. The van der Waals surface area contributed by atoms with E-state index in [1.165, 1.54) is 6.20 Å². The van der Waals surface area contributed by atoms with Crippen molar-refractivity contribution in [2.24, 2.45) is 0 Å². The van der Waals surface area contributed by atoms with Crippen LogP contribution in [-0.4, -0.2) is 15.9 Å². The highest BCUT2D eigenvalue weighted by molar-refractivity contribution is 5.89. The highest BCUT2D eigenvalue weighted by atomic mass is 16.1. The Hall–Kier alpha value is -2.30. The van der Waals surface area contributed by atoms with Crippen LogP contribution in [0.5, 0.6) is 0 Å². The van der Waals surface area contributed by atoms with E-state index in [1.807, 2.05) is 18.5 Å². The summed E-state index contributed by atoms with van der Waals surface area (Å²) in [4.78, 5) is 18.6. The fourth-order valence-corrected chi connectivity index (χ4v) is 1.46. The van der Waals surface area contributed by atoms with Crippen LogP contribution in [0, 0.1) is 0 Å². The number of hydrogen-bond acceptors (Lipinski definition) is 3. The van der Waals surface area contributed by atoms with Gasteiger partial charge in [0.05, 0.1) is 11.9 Å². The number of rotatable bonds is 4. The van der Waals surface area contributed by atoms with Gasteiger partial charge in [-0.1, -0.05) is 0 Å². The SMILES string of the molecule is Nc1ccc(NC(=O)CCc2cc[nH]c2)nc1. The van der Waals surface area contributed by atoms with Crippen molar-refractivity contribution in [1.29, 1.82) is 0 Å². The summed E-state index contributed by atoms with van der Waals surface area (Å²) in [5.41, 5.74) is 7.20. The molecule has 2 heterocycles. The quantitative estimate of drug-likeness (QED) is 0.745. The van der Waals surface area contributed by atoms with Crippen LogP contribution < -0.4 is 11.1 Å². The average Bonchev–Trinajstić information content (AvgIpc) is 2.83. The molecule has 2 aromatic rings. The molecule has 2 rings (SSSR count). The van der Waals surface area contributed by atoms with E-state index in [0.717, 1.165) is 5.56 Å². The summed E-state index contributed by atoms with van der Waals surface area (Å²) in [6, 6.07) is 5.34. The molecule has 0 atom stereocenters. The van der Waals surface area contributed by atoms with Gasteiger partial charge in [-0.3, -0.25) is 4.79 Å². The fourth-order valence-electron chi connectivity index (χ4n) is 1.46. The van der Waals surface area contributed by atoms with Crippen LogP contribution in [0.25, 0.3) is 0 Å². The van der Waals surface area contributed by atoms with Crippen LogP contribution in [0.1, 0.15) is 12.0 Å². The topological polar surface area (TPSA) is 83.8 Å². The van der Waals surface area contributed by atoms with Crippen LogP contribution in [-0.2, 0) is 11.2 Å². The first-order valence-electron chi connectivity index (χ1n) is 5.37. The number of carbonyl (C=O) groups excluding carboxylic acids is 1. The van der Waals surface area contributed by atoms with Crippen molar-refractivity contribution in [2.45, 2.75) is 12.8 Å². The predicted octanol–water partition coefficient (Wildman–Crippen LogP) is 1.56. The van der Waals surface area contributed by atoms with Crippen molar-refractivity contribution in [3.8, 4) is 0 Å². The van der Waals surface area contributed by atoms with Crippen molar-refractivity contribution in [1.82, 2.24) is 9.97 Å². The lowest BCUT2D eigenvalue weighted by Crippen LogP contribution is -2.13. The third kappa shape index (κ3) is 3.34. The third-order valence-electron chi connectivity index (χ3n) is 2.36. The van der Waals surface area contributed by atoms with Crippen molar-refractivity contribution >= 4 is 17.4 Å². The molecule has 0 aliphatic rings. The van der Waals surface area contributed by atoms with Gasteiger partial charge in [-0.15, -0.1) is 0 Å². The van der Waals surface area contributed by atoms with Crippen LogP contribution in [0.15, 0.2) is 36.8 Å². The predicted molar refractivity (Wildman–Crippen MR) is 66.4 cm³/mol. The standard InChI is InChI=1S/C12H14N4O/c13-10-2-3-11(15-8-10)16-12(17)4-1-9-5-6-14-7-9/h2-3,5-8,14H,1,4,13H2,(H,15,16,17). The van der Waals surface area contributed by atoms with Crippen molar-refractivity contribution < 1.29 is 4.79 Å². The fraction of sp³-hybridized carbons (Fsp3) is 0.167. The lowest BCUT2D eigenvalue weighted by atomic mass is 10.2. The molecule has 2 aromatic heterocycles. The molecule has 0 bridgehead atoms. The highest BCUT2D eigenvalue weighted by Gasteiger charge is 2.03. The molecule has 5 nitrogen and oxygen atoms in total. The van der Waals surface area contributed by atoms with Crippen molar-refractivity contribution in [2.75, 3.05) is 11.1 Å². The molecular formula is C12H14N4O. The minimum Gasteiger partial charge on any atom is -0.397 e. The summed E-state index contributed by atoms with van der Waals surface area (Å²) in [6.07, 6.45) is 6.39. The maximum Gasteiger partial charge on any atom is 0.225 e. The zero-order valence-electron chi connectivity index (χ0n) is 9.31. The summed E-state index contributed by atoms with van der Waals surface area (Å²) in [7, 11) is 0. The zero-order chi connectivity index (χ0) is 12.1. The maximum absolute atomic E-state index is 11.6. The monoisotopic (exact) mass is 230 g/mol. The van der Waals surface area contributed by atoms with Crippen LogP contribution in [0.2, 0.25) is 0 Å². The van der Waals surface area contributed by atoms with Crippen molar-refractivity contribution in [3.05, 3.63) is 42.4 Å². The number of hydrogen-bond donors (Lipinski definition) is 3. The first kappa shape index (κ1) is 11.2. The molecular weight excluding hydrogens is 216 g/mol. The molecule has 0 aliphatic carbocycles. The Morgan fingerprint density at radius 2 is 2.29 bits per heavy atom. The summed E-state index contributed by atoms with van der Waals surface area (Å²) in [5, 5.41) is 2.72. The molecule has 0 unspecified atom stereocenters. The van der Waals surface area contributed by atoms with Crippen molar-refractivity contribution in [3.63, 3.8) is 0 Å². The Labute approximate surface area is 99.1 Å². The smallest absolute Gasteiger partial charge is 0.225 e. The van der Waals surface area contributed by atoms with Gasteiger partial charge in [0, 0.05) is 18.8 Å². The molecule has 0 aliphatic heterocycles. The third-order valence-corrected chi connectivity index (χ3v) is 2.36. The number of nitrogens with two attached hydrogens (primary N) is 1. The van der Waals surface area contributed by atoms with E-state index in [0.29, 0.717) is 24.3 Å². The number of nitrogens with zero attached hydrogens (tertiary/aromatic N) is 1. The number of nitrogen functional groups attached to an aromatic ring is 1. The Morgan fingerprint density at radius 3 is 2.94 bits per heavy atom. The normalized spacial score (nSPS) is 10.1. The summed E-state index contributed by atoms with van der Waals surface area (Å²) >= 11 is 0. The first-order chi connectivity index (χ1) is 8.24. The Balaban J connectivity index is 1.83. The Kier molecular flexibility index (Phi) is 3.40. The lowest BCUT2D eigenvalue weighted by Gasteiger charge is -2.03. The molecule has 5 heteroatoms. The highest BCUT2D eigenvalue weighted by Crippen LogP contribution is 2.07. The Morgan fingerprint density at radius 1 is 1.41 bits per heavy atom. The average molecular weight is 230 g/mol. The van der Waals surface area contributed by atoms with Gasteiger partial charge in [-0.2, -0.15) is 0 Å². The molecule has 0 saturated carbocycles. The second-order valence-corrected chi connectivity index (χ2v) is 3.74. The number of aryl methyl sites for hydroxylation is 1. The summed E-state index contributed by atoms with van der Waals surface area (Å²) in [5.74, 6) is 0.474. The number of aromatic nitrogens is 2. The summed E-state index contributed by atoms with van der Waals surface area (Å²) in [6.45, 7) is 0. The number of carbonyl (C=O) groups is 1. The minimum absolute atomic E-state index is 0.0523. The van der Waals surface area contributed by atoms with E-state index in [9.17, 15) is 4.79 Å². The van der Waals surface area contributed by atoms with Crippen LogP contribution in [0.4, 0.5) is 11.5 Å². The maximum atomic E-state index is 11.6. The molecule has 0 aromatic carbocycles. The van der Waals surface area contributed by atoms with E-state index in [4.69, 9.17) is 5.73 Å². The molecule has 1 amide bonds. The zero-order valence-corrected chi connectivity index (χ0v) is 9.31.